The number of hydrogen-bond donors (Lipinski definition) is 9. The van der Waals surface area contributed by atoms with Gasteiger partial charge in [-0.25, -0.2) is 0 Å². The van der Waals surface area contributed by atoms with Gasteiger partial charge in [0.05, 0.1) is 0 Å². The molecule has 1 fully saturated rings. The van der Waals surface area contributed by atoms with E-state index in [2.05, 4.69) is 53.8 Å². The fourth-order valence-electron chi connectivity index (χ4n) is 5.67. The van der Waals surface area contributed by atoms with Gasteiger partial charge < -0.3 is 49.9 Å². The first-order chi connectivity index (χ1) is 23.2. The quantitative estimate of drug-likeness (QED) is 0.0351. The molecule has 1 aliphatic rings. The van der Waals surface area contributed by atoms with Crippen molar-refractivity contribution in [2.75, 3.05) is 13.1 Å². The van der Waals surface area contributed by atoms with E-state index in [1.165, 1.54) is 6.92 Å². The van der Waals surface area contributed by atoms with Crippen LogP contribution in [0.5, 0.6) is 0 Å². The Morgan fingerprint density at radius 2 is 1.18 bits per heavy atom. The van der Waals surface area contributed by atoms with Gasteiger partial charge in [0, 0.05) is 30.0 Å². The lowest BCUT2D eigenvalue weighted by Crippen LogP contribution is -2.58. The maximum Gasteiger partial charge on any atom is 0.243 e. The van der Waals surface area contributed by atoms with Gasteiger partial charge in [-0.15, -0.1) is 0 Å². The SMILES string of the molecule is CC(=O)N[C@@H](CCCN=C(N)N)C(=O)N[C@@H](CCCN=C(N)N)C(=O)N[C@H](Cc1ccc(I)cc1)C(=O)N[C@@H](CC1CCCCC1)C(N)=O. The molecular formula is C32H52IN11O5. The first kappa shape index (κ1) is 41.0. The number of benzene rings is 1. The van der Waals surface area contributed by atoms with Gasteiger partial charge in [-0.1, -0.05) is 44.2 Å². The third kappa shape index (κ3) is 16.7. The molecule has 1 aromatic carbocycles. The molecule has 1 aromatic rings. The molecule has 5 amide bonds. The molecule has 272 valence electrons. The Morgan fingerprint density at radius 1 is 0.714 bits per heavy atom. The lowest BCUT2D eigenvalue weighted by molar-refractivity contribution is -0.134. The Balaban J connectivity index is 2.30. The van der Waals surface area contributed by atoms with Crippen LogP contribution < -0.4 is 49.9 Å². The average molecular weight is 798 g/mol. The predicted molar refractivity (Wildman–Crippen MR) is 196 cm³/mol. The number of nitrogens with two attached hydrogens (primary N) is 5. The van der Waals surface area contributed by atoms with Gasteiger partial charge in [-0.05, 0) is 78.3 Å². The lowest BCUT2D eigenvalue weighted by atomic mass is 9.84. The molecule has 1 aliphatic carbocycles. The molecule has 0 spiro atoms. The van der Waals surface area contributed by atoms with E-state index in [0.717, 1.165) is 41.2 Å². The number of hydrogen-bond acceptors (Lipinski definition) is 7. The highest BCUT2D eigenvalue weighted by Crippen LogP contribution is 2.27. The van der Waals surface area contributed by atoms with Gasteiger partial charge in [0.25, 0.3) is 0 Å². The molecule has 0 bridgehead atoms. The van der Waals surface area contributed by atoms with Crippen LogP contribution in [0.3, 0.4) is 0 Å². The largest absolute Gasteiger partial charge is 0.370 e. The predicted octanol–water partition coefficient (Wildman–Crippen LogP) is -0.644. The zero-order valence-corrected chi connectivity index (χ0v) is 30.2. The van der Waals surface area contributed by atoms with Crippen LogP contribution in [0.4, 0.5) is 0 Å². The molecule has 2 rings (SSSR count). The van der Waals surface area contributed by atoms with Crippen molar-refractivity contribution in [3.8, 4) is 0 Å². The van der Waals surface area contributed by atoms with Crippen molar-refractivity contribution in [3.05, 3.63) is 33.4 Å². The number of nitrogens with one attached hydrogen (secondary N) is 4. The minimum atomic E-state index is -1.13. The average Bonchev–Trinajstić information content (AvgIpc) is 3.04. The molecule has 1 saturated carbocycles. The van der Waals surface area contributed by atoms with Crippen LogP contribution in [0.15, 0.2) is 34.3 Å². The monoisotopic (exact) mass is 797 g/mol. The number of halogens is 1. The summed E-state index contributed by atoms with van der Waals surface area (Å²) < 4.78 is 0.989. The number of carbonyl (C=O) groups excluding carboxylic acids is 5. The summed E-state index contributed by atoms with van der Waals surface area (Å²) in [6, 6.07) is 3.32. The standard InChI is InChI=1S/C32H52IN11O5/c1-19(45)41-23(9-5-15-39-31(35)36)28(47)42-24(10-6-16-40-32(37)38)29(48)44-26(18-21-11-13-22(33)14-12-21)30(49)43-25(27(34)46)17-20-7-3-2-4-8-20/h11-14,20,23-26H,2-10,15-18H2,1H3,(H2,34,46)(H,41,45)(H,42,47)(H,43,49)(H,44,48)(H4,35,36,39)(H4,37,38,40)/t23-,24-,25-,26+/m0/s1. The number of rotatable bonds is 20. The molecule has 0 aliphatic heterocycles. The van der Waals surface area contributed by atoms with Crippen molar-refractivity contribution in [1.82, 2.24) is 21.3 Å². The van der Waals surface area contributed by atoms with Crippen LogP contribution in [0.2, 0.25) is 0 Å². The summed E-state index contributed by atoms with van der Waals surface area (Å²) in [4.78, 5) is 73.3. The minimum Gasteiger partial charge on any atom is -0.370 e. The van der Waals surface area contributed by atoms with Gasteiger partial charge in [0.15, 0.2) is 11.9 Å². The number of primary amides is 1. The Hall–Kier alpha value is -4.16. The van der Waals surface area contributed by atoms with E-state index in [4.69, 9.17) is 28.7 Å². The van der Waals surface area contributed by atoms with Crippen LogP contribution in [0, 0.1) is 9.49 Å². The molecule has 4 atom stereocenters. The maximum atomic E-state index is 13.9. The number of amides is 5. The Labute approximate surface area is 301 Å². The maximum absolute atomic E-state index is 13.9. The first-order valence-electron chi connectivity index (χ1n) is 16.6. The fourth-order valence-corrected chi connectivity index (χ4v) is 6.03. The number of guanidine groups is 2. The summed E-state index contributed by atoms with van der Waals surface area (Å²) in [5.41, 5.74) is 28.2. The third-order valence-corrected chi connectivity index (χ3v) is 8.88. The Morgan fingerprint density at radius 3 is 1.67 bits per heavy atom. The van der Waals surface area contributed by atoms with E-state index in [1.807, 2.05) is 24.3 Å². The molecule has 0 aromatic heterocycles. The van der Waals surface area contributed by atoms with Crippen LogP contribution in [0.1, 0.15) is 76.7 Å². The smallest absolute Gasteiger partial charge is 0.243 e. The van der Waals surface area contributed by atoms with E-state index < -0.39 is 53.7 Å². The lowest BCUT2D eigenvalue weighted by Gasteiger charge is -2.28. The summed E-state index contributed by atoms with van der Waals surface area (Å²) in [7, 11) is 0. The highest BCUT2D eigenvalue weighted by Gasteiger charge is 2.32. The van der Waals surface area contributed by atoms with Crippen molar-refractivity contribution in [2.24, 2.45) is 44.6 Å². The molecular weight excluding hydrogens is 745 g/mol. The number of nitrogens with zero attached hydrogens (tertiary/aromatic N) is 2. The Bertz CT molecular complexity index is 1310. The van der Waals surface area contributed by atoms with Gasteiger partial charge in [0.1, 0.15) is 24.2 Å². The van der Waals surface area contributed by atoms with Crippen LogP contribution >= 0.6 is 22.6 Å². The summed E-state index contributed by atoms with van der Waals surface area (Å²) in [5, 5.41) is 10.9. The molecule has 49 heavy (non-hydrogen) atoms. The second-order valence-electron chi connectivity index (χ2n) is 12.3. The highest BCUT2D eigenvalue weighted by atomic mass is 127. The summed E-state index contributed by atoms with van der Waals surface area (Å²) in [6.07, 6.45) is 6.69. The normalized spacial score (nSPS) is 15.4. The van der Waals surface area contributed by atoms with Gasteiger partial charge in [-0.3, -0.25) is 34.0 Å². The van der Waals surface area contributed by atoms with Gasteiger partial charge in [-0.2, -0.15) is 0 Å². The minimum absolute atomic E-state index is 0.0991. The van der Waals surface area contributed by atoms with Crippen LogP contribution in [-0.2, 0) is 30.4 Å². The number of carbonyl (C=O) groups is 5. The summed E-state index contributed by atoms with van der Waals surface area (Å²) in [6.45, 7) is 1.69. The van der Waals surface area contributed by atoms with Crippen LogP contribution in [-0.4, -0.2) is 78.7 Å². The highest BCUT2D eigenvalue weighted by molar-refractivity contribution is 14.1. The first-order valence-corrected chi connectivity index (χ1v) is 17.7. The fraction of sp³-hybridized carbons (Fsp3) is 0.594. The van der Waals surface area contributed by atoms with E-state index in [-0.39, 0.29) is 50.2 Å². The van der Waals surface area contributed by atoms with Crippen molar-refractivity contribution >= 4 is 64.0 Å². The van der Waals surface area contributed by atoms with Crippen molar-refractivity contribution in [3.63, 3.8) is 0 Å². The Kier molecular flexibility index (Phi) is 18.2. The molecule has 0 radical (unpaired) electrons. The third-order valence-electron chi connectivity index (χ3n) is 8.16. The van der Waals surface area contributed by atoms with Crippen molar-refractivity contribution in [1.29, 1.82) is 0 Å². The molecule has 14 N–H and O–H groups in total. The zero-order valence-electron chi connectivity index (χ0n) is 28.1. The topological polar surface area (TPSA) is 288 Å². The molecule has 17 heteroatoms. The van der Waals surface area contributed by atoms with E-state index in [1.54, 1.807) is 0 Å². The molecule has 0 saturated heterocycles. The van der Waals surface area contributed by atoms with Crippen LogP contribution in [0.25, 0.3) is 0 Å². The molecule has 0 unspecified atom stereocenters. The second kappa shape index (κ2) is 21.7. The van der Waals surface area contributed by atoms with Gasteiger partial charge >= 0.3 is 0 Å². The second-order valence-corrected chi connectivity index (χ2v) is 13.6. The van der Waals surface area contributed by atoms with Crippen molar-refractivity contribution in [2.45, 2.75) is 102 Å². The van der Waals surface area contributed by atoms with Crippen molar-refractivity contribution < 1.29 is 24.0 Å². The summed E-state index contributed by atoms with van der Waals surface area (Å²) >= 11 is 2.17. The molecule has 16 nitrogen and oxygen atoms in total. The van der Waals surface area contributed by atoms with E-state index in [9.17, 15) is 24.0 Å². The number of aliphatic imine (C=N–C) groups is 2. The van der Waals surface area contributed by atoms with E-state index >= 15 is 0 Å². The summed E-state index contributed by atoms with van der Waals surface area (Å²) in [5.74, 6) is -2.88. The van der Waals surface area contributed by atoms with Gasteiger partial charge in [0.2, 0.25) is 29.5 Å². The molecule has 0 heterocycles. The van der Waals surface area contributed by atoms with E-state index in [0.29, 0.717) is 19.3 Å². The zero-order chi connectivity index (χ0) is 36.3.